The molecule has 2 N–H and O–H groups in total. The van der Waals surface area contributed by atoms with Crippen molar-refractivity contribution in [2.75, 3.05) is 53.4 Å². The quantitative estimate of drug-likeness (QED) is 0.591. The number of guanidine groups is 1. The topological polar surface area (TPSA) is 60.3 Å². The van der Waals surface area contributed by atoms with Crippen LogP contribution in [-0.2, 0) is 6.42 Å². The van der Waals surface area contributed by atoms with E-state index in [2.05, 4.69) is 20.1 Å². The van der Waals surface area contributed by atoms with Crippen LogP contribution in [0.4, 0.5) is 0 Å². The Hall–Kier alpha value is -1.95. The molecule has 2 aliphatic heterocycles. The van der Waals surface area contributed by atoms with Crippen LogP contribution in [0.25, 0.3) is 0 Å². The average Bonchev–Trinajstić information content (AvgIpc) is 3.15. The molecule has 2 aliphatic rings. The number of nitrogens with zero attached hydrogens (tertiary/aromatic N) is 3. The van der Waals surface area contributed by atoms with Gasteiger partial charge in [-0.25, -0.2) is 0 Å². The van der Waals surface area contributed by atoms with Gasteiger partial charge in [0.1, 0.15) is 11.5 Å². The van der Waals surface area contributed by atoms with E-state index in [9.17, 15) is 5.11 Å². The van der Waals surface area contributed by atoms with Crippen LogP contribution in [-0.4, -0.2) is 74.3 Å². The van der Waals surface area contributed by atoms with Crippen molar-refractivity contribution < 1.29 is 9.84 Å². The molecule has 27 heavy (non-hydrogen) atoms. The Bertz CT molecular complexity index is 629. The van der Waals surface area contributed by atoms with Crippen molar-refractivity contribution in [1.29, 1.82) is 0 Å². The molecule has 0 radical (unpaired) electrons. The summed E-state index contributed by atoms with van der Waals surface area (Å²) >= 11 is 0. The van der Waals surface area contributed by atoms with Gasteiger partial charge in [-0.05, 0) is 56.3 Å². The summed E-state index contributed by atoms with van der Waals surface area (Å²) in [5.41, 5.74) is 0.920. The maximum atomic E-state index is 10.1. The summed E-state index contributed by atoms with van der Waals surface area (Å²) in [5.74, 6) is 2.68. The molecule has 0 aliphatic carbocycles. The molecule has 6 heteroatoms. The minimum atomic E-state index is 0.286. The van der Waals surface area contributed by atoms with E-state index in [1.807, 2.05) is 19.2 Å². The van der Waals surface area contributed by atoms with Gasteiger partial charge in [0.05, 0.1) is 7.11 Å². The number of piperidine rings is 1. The number of methoxy groups -OCH3 is 1. The van der Waals surface area contributed by atoms with Crippen molar-refractivity contribution in [3.8, 4) is 11.5 Å². The van der Waals surface area contributed by atoms with Gasteiger partial charge in [0.25, 0.3) is 0 Å². The molecule has 2 heterocycles. The maximum absolute atomic E-state index is 10.1. The predicted octanol–water partition coefficient (Wildman–Crippen LogP) is 2.33. The first kappa shape index (κ1) is 19.8. The lowest BCUT2D eigenvalue weighted by molar-refractivity contribution is 0.198. The van der Waals surface area contributed by atoms with Gasteiger partial charge in [-0.1, -0.05) is 12.5 Å². The van der Waals surface area contributed by atoms with Crippen molar-refractivity contribution in [1.82, 2.24) is 15.1 Å². The summed E-state index contributed by atoms with van der Waals surface area (Å²) in [6.45, 7) is 6.69. The molecule has 0 bridgehead atoms. The van der Waals surface area contributed by atoms with Gasteiger partial charge in [0.15, 0.2) is 5.96 Å². The number of phenolic OH excluding ortho intramolecular Hbond substituents is 1. The van der Waals surface area contributed by atoms with Gasteiger partial charge in [-0.2, -0.15) is 0 Å². The second-order valence-corrected chi connectivity index (χ2v) is 7.68. The van der Waals surface area contributed by atoms with Gasteiger partial charge >= 0.3 is 0 Å². The summed E-state index contributed by atoms with van der Waals surface area (Å²) in [6.07, 6.45) is 6.11. The van der Waals surface area contributed by atoms with E-state index in [1.54, 1.807) is 13.2 Å². The van der Waals surface area contributed by atoms with Crippen molar-refractivity contribution in [3.05, 3.63) is 23.8 Å². The number of ether oxygens (including phenoxy) is 1. The highest BCUT2D eigenvalue weighted by molar-refractivity contribution is 5.80. The molecule has 1 atom stereocenters. The SMILES string of the molecule is CN=C(NCCc1ccc(OC)cc1O)N1CCC(CN2CCCCC2)C1. The first-order valence-electron chi connectivity index (χ1n) is 10.2. The van der Waals surface area contributed by atoms with E-state index >= 15 is 0 Å². The zero-order valence-corrected chi connectivity index (χ0v) is 16.8. The Morgan fingerprint density at radius 3 is 2.78 bits per heavy atom. The van der Waals surface area contributed by atoms with Crippen molar-refractivity contribution >= 4 is 5.96 Å². The molecule has 1 aromatic rings. The maximum Gasteiger partial charge on any atom is 0.193 e. The van der Waals surface area contributed by atoms with Crippen LogP contribution in [0.15, 0.2) is 23.2 Å². The minimum Gasteiger partial charge on any atom is -0.508 e. The van der Waals surface area contributed by atoms with Crippen LogP contribution in [0.5, 0.6) is 11.5 Å². The lowest BCUT2D eigenvalue weighted by Gasteiger charge is -2.29. The number of likely N-dealkylation sites (tertiary alicyclic amines) is 2. The first-order valence-corrected chi connectivity index (χ1v) is 10.2. The van der Waals surface area contributed by atoms with Crippen molar-refractivity contribution in [2.45, 2.75) is 32.1 Å². The third-order valence-electron chi connectivity index (χ3n) is 5.73. The third kappa shape index (κ3) is 5.51. The summed E-state index contributed by atoms with van der Waals surface area (Å²) in [6, 6.07) is 5.47. The molecule has 150 valence electrons. The number of phenols is 1. The number of aliphatic imine (C=N–C) groups is 1. The number of rotatable bonds is 6. The molecule has 1 aromatic carbocycles. The molecule has 0 amide bonds. The smallest absolute Gasteiger partial charge is 0.193 e. The van der Waals surface area contributed by atoms with E-state index in [4.69, 9.17) is 4.74 Å². The van der Waals surface area contributed by atoms with E-state index < -0.39 is 0 Å². The number of benzene rings is 1. The molecule has 0 spiro atoms. The summed E-state index contributed by atoms with van der Waals surface area (Å²) < 4.78 is 5.14. The molecular formula is C21H34N4O2. The lowest BCUT2D eigenvalue weighted by Crippen LogP contribution is -2.41. The van der Waals surface area contributed by atoms with Gasteiger partial charge < -0.3 is 25.0 Å². The largest absolute Gasteiger partial charge is 0.508 e. The highest BCUT2D eigenvalue weighted by atomic mass is 16.5. The second-order valence-electron chi connectivity index (χ2n) is 7.68. The van der Waals surface area contributed by atoms with Crippen LogP contribution in [0, 0.1) is 5.92 Å². The Kier molecular flexibility index (Phi) is 7.21. The van der Waals surface area contributed by atoms with Crippen LogP contribution in [0.1, 0.15) is 31.2 Å². The molecule has 2 fully saturated rings. The molecule has 0 aromatic heterocycles. The minimum absolute atomic E-state index is 0.286. The zero-order chi connectivity index (χ0) is 19.1. The molecule has 0 saturated carbocycles. The molecule has 2 saturated heterocycles. The number of aromatic hydroxyl groups is 1. The normalized spacial score (nSPS) is 21.5. The Balaban J connectivity index is 1.44. The number of nitrogens with one attached hydrogen (secondary N) is 1. The zero-order valence-electron chi connectivity index (χ0n) is 16.8. The van der Waals surface area contributed by atoms with Crippen LogP contribution < -0.4 is 10.1 Å². The van der Waals surface area contributed by atoms with Gasteiger partial charge in [0, 0.05) is 39.3 Å². The summed E-state index contributed by atoms with van der Waals surface area (Å²) in [5, 5.41) is 13.6. The highest BCUT2D eigenvalue weighted by Crippen LogP contribution is 2.24. The molecule has 3 rings (SSSR count). The van der Waals surface area contributed by atoms with E-state index in [1.165, 1.54) is 45.3 Å². The predicted molar refractivity (Wildman–Crippen MR) is 110 cm³/mol. The van der Waals surface area contributed by atoms with Crippen molar-refractivity contribution in [3.63, 3.8) is 0 Å². The third-order valence-corrected chi connectivity index (χ3v) is 5.73. The standard InChI is InChI=1S/C21H34N4O2/c1-22-21(23-10-8-18-6-7-19(27-2)14-20(18)26)25-13-9-17(16-25)15-24-11-4-3-5-12-24/h6-7,14,17,26H,3-5,8-13,15-16H2,1-2H3,(H,22,23). The highest BCUT2D eigenvalue weighted by Gasteiger charge is 2.26. The summed E-state index contributed by atoms with van der Waals surface area (Å²) in [4.78, 5) is 9.48. The Morgan fingerprint density at radius 1 is 1.26 bits per heavy atom. The van der Waals surface area contributed by atoms with Crippen LogP contribution in [0.2, 0.25) is 0 Å². The fourth-order valence-electron chi connectivity index (χ4n) is 4.20. The Morgan fingerprint density at radius 2 is 2.07 bits per heavy atom. The molecule has 1 unspecified atom stereocenters. The lowest BCUT2D eigenvalue weighted by atomic mass is 10.1. The Labute approximate surface area is 163 Å². The van der Waals surface area contributed by atoms with E-state index in [-0.39, 0.29) is 5.75 Å². The summed E-state index contributed by atoms with van der Waals surface area (Å²) in [7, 11) is 3.46. The van der Waals surface area contributed by atoms with Crippen LogP contribution in [0.3, 0.4) is 0 Å². The molecule has 6 nitrogen and oxygen atoms in total. The number of hydrogen-bond donors (Lipinski definition) is 2. The fourth-order valence-corrected chi connectivity index (χ4v) is 4.20. The molecular weight excluding hydrogens is 340 g/mol. The van der Waals surface area contributed by atoms with Crippen LogP contribution >= 0.6 is 0 Å². The van der Waals surface area contributed by atoms with E-state index in [0.29, 0.717) is 5.75 Å². The van der Waals surface area contributed by atoms with Crippen molar-refractivity contribution in [2.24, 2.45) is 10.9 Å². The average molecular weight is 375 g/mol. The van der Waals surface area contributed by atoms with Gasteiger partial charge in [-0.15, -0.1) is 0 Å². The monoisotopic (exact) mass is 374 g/mol. The van der Waals surface area contributed by atoms with Gasteiger partial charge in [-0.3, -0.25) is 4.99 Å². The number of hydrogen-bond acceptors (Lipinski definition) is 4. The van der Waals surface area contributed by atoms with E-state index in [0.717, 1.165) is 43.5 Å². The van der Waals surface area contributed by atoms with Gasteiger partial charge in [0.2, 0.25) is 0 Å². The fraction of sp³-hybridized carbons (Fsp3) is 0.667. The second kappa shape index (κ2) is 9.83. The first-order chi connectivity index (χ1) is 13.2.